The number of aryl methyl sites for hydroxylation is 4. The van der Waals surface area contributed by atoms with E-state index < -0.39 is 36.3 Å². The molecule has 0 heterocycles. The minimum Gasteiger partial charge on any atom is -0.444 e. The number of nitrogens with one attached hydrogen (secondary N) is 2. The largest absolute Gasteiger partial charge is 0.444 e. The molecule has 0 aliphatic rings. The molecule has 226 valence electrons. The second-order valence-corrected chi connectivity index (χ2v) is 11.8. The van der Waals surface area contributed by atoms with E-state index in [1.807, 2.05) is 64.1 Å². The van der Waals surface area contributed by atoms with Crippen molar-refractivity contribution in [3.63, 3.8) is 0 Å². The first kappa shape index (κ1) is 33.8. The number of aliphatic hydroxyl groups is 1. The average molecular weight is 568 g/mol. The lowest BCUT2D eigenvalue weighted by Crippen LogP contribution is -2.54. The molecule has 0 fully saturated rings. The number of hydrogen-bond acceptors (Lipinski definition) is 5. The van der Waals surface area contributed by atoms with Crippen LogP contribution in [0.2, 0.25) is 0 Å². The topological polar surface area (TPSA) is 108 Å². The lowest BCUT2D eigenvalue weighted by Gasteiger charge is -2.35. The second-order valence-electron chi connectivity index (χ2n) is 11.8. The van der Waals surface area contributed by atoms with Crippen molar-refractivity contribution in [1.29, 1.82) is 0 Å². The number of alkyl carbamates (subject to hydrolysis) is 1. The van der Waals surface area contributed by atoms with Crippen LogP contribution >= 0.6 is 0 Å². The molecule has 2 atom stereocenters. The van der Waals surface area contributed by atoms with Gasteiger partial charge in [-0.25, -0.2) is 4.79 Å². The van der Waals surface area contributed by atoms with Crippen LogP contribution in [-0.2, 0) is 14.3 Å². The molecule has 2 aromatic carbocycles. The molecule has 0 spiro atoms. The standard InChI is InChI=1S/C33H49N3O5/c1-9-10-11-12-13-20-36(31(39)26(21-37)34-32(40)41-33(6,7)8)29(27-22(2)16-14-17-23(27)3)30(38)35-28-24(4)18-15-19-25(28)5/h14-19,26,29,37H,9-13,20-21H2,1-8H3,(H,34,40)(H,35,38). The van der Waals surface area contributed by atoms with Gasteiger partial charge < -0.3 is 25.4 Å². The molecule has 0 aliphatic heterocycles. The average Bonchev–Trinajstić information content (AvgIpc) is 2.88. The van der Waals surface area contributed by atoms with Crippen molar-refractivity contribution in [3.05, 3.63) is 64.2 Å². The summed E-state index contributed by atoms with van der Waals surface area (Å²) in [6.45, 7) is 14.7. The summed E-state index contributed by atoms with van der Waals surface area (Å²) >= 11 is 0. The first-order valence-electron chi connectivity index (χ1n) is 14.6. The van der Waals surface area contributed by atoms with E-state index in [0.29, 0.717) is 12.1 Å². The van der Waals surface area contributed by atoms with Crippen molar-refractivity contribution >= 4 is 23.6 Å². The molecule has 2 unspecified atom stereocenters. The minimum absolute atomic E-state index is 0.285. The van der Waals surface area contributed by atoms with Gasteiger partial charge in [0.1, 0.15) is 17.7 Å². The third kappa shape index (κ3) is 9.88. The molecule has 3 N–H and O–H groups in total. The number of para-hydroxylation sites is 1. The summed E-state index contributed by atoms with van der Waals surface area (Å²) in [5.74, 6) is -0.895. The Labute approximate surface area is 245 Å². The highest BCUT2D eigenvalue weighted by Gasteiger charge is 2.37. The van der Waals surface area contributed by atoms with Crippen LogP contribution in [0.25, 0.3) is 0 Å². The van der Waals surface area contributed by atoms with Crippen molar-refractivity contribution in [3.8, 4) is 0 Å². The number of ether oxygens (including phenoxy) is 1. The highest BCUT2D eigenvalue weighted by Crippen LogP contribution is 2.31. The Balaban J connectivity index is 2.58. The number of nitrogens with zero attached hydrogens (tertiary/aromatic N) is 1. The molecule has 0 saturated heterocycles. The summed E-state index contributed by atoms with van der Waals surface area (Å²) in [5, 5.41) is 15.8. The molecule has 8 heteroatoms. The third-order valence-electron chi connectivity index (χ3n) is 7.06. The highest BCUT2D eigenvalue weighted by molar-refractivity contribution is 6.00. The number of aliphatic hydroxyl groups excluding tert-OH is 1. The summed E-state index contributed by atoms with van der Waals surface area (Å²) in [6, 6.07) is 9.31. The summed E-state index contributed by atoms with van der Waals surface area (Å²) in [7, 11) is 0. The van der Waals surface area contributed by atoms with Gasteiger partial charge in [0, 0.05) is 12.2 Å². The number of carbonyl (C=O) groups is 3. The van der Waals surface area contributed by atoms with Gasteiger partial charge in [-0.3, -0.25) is 9.59 Å². The molecular weight excluding hydrogens is 518 g/mol. The molecule has 8 nitrogen and oxygen atoms in total. The predicted octanol–water partition coefficient (Wildman–Crippen LogP) is 6.28. The number of hydrogen-bond donors (Lipinski definition) is 3. The monoisotopic (exact) mass is 567 g/mol. The van der Waals surface area contributed by atoms with E-state index in [0.717, 1.165) is 53.5 Å². The smallest absolute Gasteiger partial charge is 0.408 e. The molecule has 2 aromatic rings. The van der Waals surface area contributed by atoms with E-state index in [9.17, 15) is 19.5 Å². The Morgan fingerprint density at radius 2 is 1.41 bits per heavy atom. The maximum atomic E-state index is 14.2. The van der Waals surface area contributed by atoms with Gasteiger partial charge in [0.05, 0.1) is 6.61 Å². The first-order valence-corrected chi connectivity index (χ1v) is 14.6. The molecule has 3 amide bonds. The molecule has 0 aliphatic carbocycles. The van der Waals surface area contributed by atoms with Gasteiger partial charge in [-0.2, -0.15) is 0 Å². The molecule has 41 heavy (non-hydrogen) atoms. The normalized spacial score (nSPS) is 12.8. The first-order chi connectivity index (χ1) is 19.3. The maximum absolute atomic E-state index is 14.2. The number of benzene rings is 2. The van der Waals surface area contributed by atoms with Crippen molar-refractivity contribution in [2.45, 2.75) is 105 Å². The molecule has 0 bridgehead atoms. The Morgan fingerprint density at radius 1 is 0.878 bits per heavy atom. The van der Waals surface area contributed by atoms with E-state index in [2.05, 4.69) is 17.6 Å². The zero-order chi connectivity index (χ0) is 30.7. The van der Waals surface area contributed by atoms with Crippen molar-refractivity contribution in [1.82, 2.24) is 10.2 Å². The highest BCUT2D eigenvalue weighted by atomic mass is 16.6. The predicted molar refractivity (Wildman–Crippen MR) is 164 cm³/mol. The Kier molecular flexibility index (Phi) is 12.8. The number of carbonyl (C=O) groups excluding carboxylic acids is 3. The minimum atomic E-state index is -1.28. The number of anilines is 1. The van der Waals surface area contributed by atoms with E-state index in [-0.39, 0.29) is 12.5 Å². The van der Waals surface area contributed by atoms with E-state index in [1.54, 1.807) is 20.8 Å². The van der Waals surface area contributed by atoms with Crippen LogP contribution in [-0.4, -0.2) is 52.7 Å². The van der Waals surface area contributed by atoms with Gasteiger partial charge in [0.15, 0.2) is 0 Å². The SMILES string of the molecule is CCCCCCCN(C(=O)C(CO)NC(=O)OC(C)(C)C)C(C(=O)Nc1c(C)cccc1C)c1c(C)cccc1C. The molecule has 0 aromatic heterocycles. The fourth-order valence-corrected chi connectivity index (χ4v) is 4.98. The van der Waals surface area contributed by atoms with Gasteiger partial charge in [0.25, 0.3) is 5.91 Å². The fraction of sp³-hybridized carbons (Fsp3) is 0.545. The van der Waals surface area contributed by atoms with E-state index in [4.69, 9.17) is 4.74 Å². The van der Waals surface area contributed by atoms with Crippen LogP contribution < -0.4 is 10.6 Å². The van der Waals surface area contributed by atoms with Crippen molar-refractivity contribution < 1.29 is 24.2 Å². The summed E-state index contributed by atoms with van der Waals surface area (Å²) in [4.78, 5) is 42.5. The third-order valence-corrected chi connectivity index (χ3v) is 7.06. The van der Waals surface area contributed by atoms with Gasteiger partial charge >= 0.3 is 6.09 Å². The number of rotatable bonds is 13. The van der Waals surface area contributed by atoms with Gasteiger partial charge in [-0.1, -0.05) is 69.0 Å². The van der Waals surface area contributed by atoms with Crippen molar-refractivity contribution in [2.75, 3.05) is 18.5 Å². The fourth-order valence-electron chi connectivity index (χ4n) is 4.98. The summed E-state index contributed by atoms with van der Waals surface area (Å²) < 4.78 is 5.35. The summed E-state index contributed by atoms with van der Waals surface area (Å²) in [5.41, 5.74) is 4.22. The van der Waals surface area contributed by atoms with Crippen LogP contribution in [0.15, 0.2) is 36.4 Å². The van der Waals surface area contributed by atoms with Gasteiger partial charge in [-0.15, -0.1) is 0 Å². The number of amides is 3. The lowest BCUT2D eigenvalue weighted by molar-refractivity contribution is -0.141. The van der Waals surface area contributed by atoms with Gasteiger partial charge in [-0.05, 0) is 82.7 Å². The zero-order valence-corrected chi connectivity index (χ0v) is 26.1. The van der Waals surface area contributed by atoms with Gasteiger partial charge in [0.2, 0.25) is 5.91 Å². The molecule has 0 saturated carbocycles. The molecule has 2 rings (SSSR count). The number of unbranched alkanes of at least 4 members (excludes halogenated alkanes) is 4. The molecule has 0 radical (unpaired) electrons. The van der Waals surface area contributed by atoms with Crippen LogP contribution in [0.1, 0.15) is 93.7 Å². The Morgan fingerprint density at radius 3 is 1.93 bits per heavy atom. The quantitative estimate of drug-likeness (QED) is 0.247. The second kappa shape index (κ2) is 15.6. The van der Waals surface area contributed by atoms with Crippen LogP contribution in [0.3, 0.4) is 0 Å². The Hall–Kier alpha value is -3.39. The lowest BCUT2D eigenvalue weighted by atomic mass is 9.93. The summed E-state index contributed by atoms with van der Waals surface area (Å²) in [6.07, 6.45) is 3.93. The van der Waals surface area contributed by atoms with Crippen LogP contribution in [0, 0.1) is 27.7 Å². The van der Waals surface area contributed by atoms with E-state index in [1.165, 1.54) is 4.90 Å². The maximum Gasteiger partial charge on any atom is 0.408 e. The van der Waals surface area contributed by atoms with Crippen LogP contribution in [0.4, 0.5) is 10.5 Å². The van der Waals surface area contributed by atoms with Crippen molar-refractivity contribution in [2.24, 2.45) is 0 Å². The zero-order valence-electron chi connectivity index (χ0n) is 26.1. The molecular formula is C33H49N3O5. The van der Waals surface area contributed by atoms with Crippen LogP contribution in [0.5, 0.6) is 0 Å². The van der Waals surface area contributed by atoms with E-state index >= 15 is 0 Å². The Bertz CT molecular complexity index is 1150.